The van der Waals surface area contributed by atoms with E-state index in [4.69, 9.17) is 4.74 Å². The Hall–Kier alpha value is -2.58. The van der Waals surface area contributed by atoms with E-state index in [9.17, 15) is 13.2 Å². The van der Waals surface area contributed by atoms with E-state index in [-0.39, 0.29) is 9.77 Å². The number of rotatable bonds is 6. The summed E-state index contributed by atoms with van der Waals surface area (Å²) in [5.74, 6) is 0.623. The lowest BCUT2D eigenvalue weighted by Crippen LogP contribution is -2.12. The van der Waals surface area contributed by atoms with E-state index in [1.807, 2.05) is 0 Å². The van der Waals surface area contributed by atoms with Crippen molar-refractivity contribution in [3.05, 3.63) is 64.8 Å². The van der Waals surface area contributed by atoms with Gasteiger partial charge in [0.25, 0.3) is 10.0 Å². The van der Waals surface area contributed by atoms with Crippen LogP contribution in [0.4, 0.5) is 5.69 Å². The second-order valence-corrected chi connectivity index (χ2v) is 7.96. The molecule has 1 heterocycles. The third-order valence-electron chi connectivity index (χ3n) is 3.55. The molecule has 0 saturated carbocycles. The van der Waals surface area contributed by atoms with Crippen LogP contribution in [0.1, 0.15) is 0 Å². The minimum atomic E-state index is -3.75. The average Bonchev–Trinajstić information content (AvgIpc) is 2.88. The Bertz CT molecular complexity index is 1080. The standard InChI is InChI=1S/C17H16N2O4S2/c1-3-10-23-13-6-4-12(5-7-13)18-25(21,22)14-8-9-15-16(11-14)24-17(20)19(15)2/h3-9,11,18H,1,10H2,2H3. The number of aryl methyl sites for hydroxylation is 1. The lowest BCUT2D eigenvalue weighted by Gasteiger charge is -2.09. The van der Waals surface area contributed by atoms with Crippen LogP contribution in [0.3, 0.4) is 0 Å². The Morgan fingerprint density at radius 1 is 1.24 bits per heavy atom. The molecule has 0 atom stereocenters. The largest absolute Gasteiger partial charge is 0.490 e. The van der Waals surface area contributed by atoms with Gasteiger partial charge in [-0.25, -0.2) is 8.42 Å². The number of aromatic nitrogens is 1. The number of hydrogen-bond donors (Lipinski definition) is 1. The summed E-state index contributed by atoms with van der Waals surface area (Å²) in [6.07, 6.45) is 1.63. The molecule has 0 spiro atoms. The number of nitrogens with zero attached hydrogens (tertiary/aromatic N) is 1. The highest BCUT2D eigenvalue weighted by Crippen LogP contribution is 2.24. The molecule has 6 nitrogen and oxygen atoms in total. The zero-order chi connectivity index (χ0) is 18.0. The van der Waals surface area contributed by atoms with Crippen molar-refractivity contribution in [2.75, 3.05) is 11.3 Å². The smallest absolute Gasteiger partial charge is 0.307 e. The predicted molar refractivity (Wildman–Crippen MR) is 100 cm³/mol. The van der Waals surface area contributed by atoms with Gasteiger partial charge in [-0.2, -0.15) is 0 Å². The van der Waals surface area contributed by atoms with Gasteiger partial charge in [-0.3, -0.25) is 9.52 Å². The fourth-order valence-electron chi connectivity index (χ4n) is 2.27. The molecular formula is C17H16N2O4S2. The highest BCUT2D eigenvalue weighted by molar-refractivity contribution is 7.92. The molecule has 0 saturated heterocycles. The van der Waals surface area contributed by atoms with Crippen molar-refractivity contribution in [3.8, 4) is 5.75 Å². The lowest BCUT2D eigenvalue weighted by atomic mass is 10.3. The molecule has 0 amide bonds. The predicted octanol–water partition coefficient (Wildman–Crippen LogP) is 2.97. The Balaban J connectivity index is 1.86. The Labute approximate surface area is 149 Å². The molecule has 1 aromatic heterocycles. The van der Waals surface area contributed by atoms with Crippen molar-refractivity contribution in [2.45, 2.75) is 4.90 Å². The van der Waals surface area contributed by atoms with Gasteiger partial charge >= 0.3 is 4.87 Å². The van der Waals surface area contributed by atoms with E-state index in [2.05, 4.69) is 11.3 Å². The number of nitrogens with one attached hydrogen (secondary N) is 1. The second kappa shape index (κ2) is 6.73. The molecule has 0 bridgehead atoms. The normalized spacial score (nSPS) is 11.4. The van der Waals surface area contributed by atoms with Gasteiger partial charge in [0, 0.05) is 12.7 Å². The topological polar surface area (TPSA) is 77.4 Å². The van der Waals surface area contributed by atoms with Gasteiger partial charge in [0.1, 0.15) is 12.4 Å². The van der Waals surface area contributed by atoms with Crippen LogP contribution in [0.25, 0.3) is 10.2 Å². The van der Waals surface area contributed by atoms with Crippen molar-refractivity contribution in [2.24, 2.45) is 7.05 Å². The van der Waals surface area contributed by atoms with Gasteiger partial charge in [-0.1, -0.05) is 24.0 Å². The Morgan fingerprint density at radius 2 is 1.96 bits per heavy atom. The SMILES string of the molecule is C=CCOc1ccc(NS(=O)(=O)c2ccc3c(c2)sc(=O)n3C)cc1. The van der Waals surface area contributed by atoms with Crippen LogP contribution < -0.4 is 14.3 Å². The summed E-state index contributed by atoms with van der Waals surface area (Å²) in [4.78, 5) is 11.7. The summed E-state index contributed by atoms with van der Waals surface area (Å²) in [5, 5.41) is 0. The summed E-state index contributed by atoms with van der Waals surface area (Å²) < 4.78 is 35.1. The number of fused-ring (bicyclic) bond motifs is 1. The van der Waals surface area contributed by atoms with E-state index in [1.165, 1.54) is 16.7 Å². The van der Waals surface area contributed by atoms with Crippen molar-refractivity contribution in [1.29, 1.82) is 0 Å². The van der Waals surface area contributed by atoms with Crippen LogP contribution in [0.15, 0.2) is 64.8 Å². The van der Waals surface area contributed by atoms with Gasteiger partial charge in [0.05, 0.1) is 15.1 Å². The summed E-state index contributed by atoms with van der Waals surface area (Å²) in [7, 11) is -2.09. The molecule has 130 valence electrons. The average molecular weight is 376 g/mol. The maximum Gasteiger partial charge on any atom is 0.307 e. The molecule has 25 heavy (non-hydrogen) atoms. The van der Waals surface area contributed by atoms with Gasteiger partial charge < -0.3 is 9.30 Å². The molecule has 2 aromatic carbocycles. The minimum absolute atomic E-state index is 0.105. The molecule has 0 unspecified atom stereocenters. The van der Waals surface area contributed by atoms with Crippen molar-refractivity contribution in [3.63, 3.8) is 0 Å². The minimum Gasteiger partial charge on any atom is -0.490 e. The van der Waals surface area contributed by atoms with Crippen molar-refractivity contribution < 1.29 is 13.2 Å². The molecule has 0 aliphatic heterocycles. The number of hydrogen-bond acceptors (Lipinski definition) is 5. The van der Waals surface area contributed by atoms with Gasteiger partial charge in [0.2, 0.25) is 0 Å². The first-order valence-electron chi connectivity index (χ1n) is 7.37. The Morgan fingerprint density at radius 3 is 2.64 bits per heavy atom. The number of sulfonamides is 1. The number of thiazole rings is 1. The maximum atomic E-state index is 12.6. The van der Waals surface area contributed by atoms with E-state index in [0.29, 0.717) is 28.3 Å². The van der Waals surface area contributed by atoms with Gasteiger partial charge in [0.15, 0.2) is 0 Å². The van der Waals surface area contributed by atoms with Crippen molar-refractivity contribution in [1.82, 2.24) is 4.57 Å². The highest BCUT2D eigenvalue weighted by atomic mass is 32.2. The van der Waals surface area contributed by atoms with Crippen LogP contribution in [0, 0.1) is 0 Å². The zero-order valence-corrected chi connectivity index (χ0v) is 15.1. The maximum absolute atomic E-state index is 12.6. The second-order valence-electron chi connectivity index (χ2n) is 5.29. The monoisotopic (exact) mass is 376 g/mol. The number of ether oxygens (including phenoxy) is 1. The summed E-state index contributed by atoms with van der Waals surface area (Å²) in [6, 6.07) is 11.2. The molecule has 0 fully saturated rings. The first-order chi connectivity index (χ1) is 11.9. The molecule has 0 radical (unpaired) electrons. The molecule has 8 heteroatoms. The number of anilines is 1. The summed E-state index contributed by atoms with van der Waals surface area (Å²) in [6.45, 7) is 3.95. The van der Waals surface area contributed by atoms with Gasteiger partial charge in [-0.15, -0.1) is 0 Å². The zero-order valence-electron chi connectivity index (χ0n) is 13.4. The van der Waals surface area contributed by atoms with E-state index in [1.54, 1.807) is 43.5 Å². The molecule has 1 N–H and O–H groups in total. The fraction of sp³-hybridized carbons (Fsp3) is 0.118. The third kappa shape index (κ3) is 3.59. The first kappa shape index (κ1) is 17.2. The van der Waals surface area contributed by atoms with Crippen LogP contribution in [0.2, 0.25) is 0 Å². The molecule has 0 aliphatic rings. The van der Waals surface area contributed by atoms with E-state index < -0.39 is 10.0 Å². The van der Waals surface area contributed by atoms with Crippen LogP contribution in [0.5, 0.6) is 5.75 Å². The number of benzene rings is 2. The lowest BCUT2D eigenvalue weighted by molar-refractivity contribution is 0.363. The Kier molecular flexibility index (Phi) is 4.65. The van der Waals surface area contributed by atoms with Crippen LogP contribution in [-0.4, -0.2) is 19.6 Å². The molecule has 3 aromatic rings. The van der Waals surface area contributed by atoms with Crippen LogP contribution >= 0.6 is 11.3 Å². The molecule has 0 aliphatic carbocycles. The summed E-state index contributed by atoms with van der Waals surface area (Å²) >= 11 is 1.02. The van der Waals surface area contributed by atoms with Crippen LogP contribution in [-0.2, 0) is 17.1 Å². The fourth-order valence-corrected chi connectivity index (χ4v) is 4.35. The highest BCUT2D eigenvalue weighted by Gasteiger charge is 2.16. The molecular weight excluding hydrogens is 360 g/mol. The van der Waals surface area contributed by atoms with E-state index >= 15 is 0 Å². The van der Waals surface area contributed by atoms with Gasteiger partial charge in [-0.05, 0) is 42.5 Å². The van der Waals surface area contributed by atoms with Crippen molar-refractivity contribution >= 4 is 37.3 Å². The quantitative estimate of drug-likeness (QED) is 0.671. The summed E-state index contributed by atoms with van der Waals surface area (Å²) in [5.41, 5.74) is 1.13. The molecule has 3 rings (SSSR count). The third-order valence-corrected chi connectivity index (χ3v) is 5.92. The first-order valence-corrected chi connectivity index (χ1v) is 9.67. The van der Waals surface area contributed by atoms with E-state index in [0.717, 1.165) is 11.3 Å².